The van der Waals surface area contributed by atoms with Gasteiger partial charge in [-0.15, -0.1) is 0 Å². The Morgan fingerprint density at radius 2 is 1.78 bits per heavy atom. The fourth-order valence-electron chi connectivity index (χ4n) is 2.87. The monoisotopic (exact) mass is 246 g/mol. The average molecular weight is 246 g/mol. The number of rotatable bonds is 7. The highest BCUT2D eigenvalue weighted by Gasteiger charge is 2.19. The van der Waals surface area contributed by atoms with E-state index in [1.165, 1.54) is 50.0 Å². The first-order chi connectivity index (χ1) is 8.83. The third kappa shape index (κ3) is 3.56. The summed E-state index contributed by atoms with van der Waals surface area (Å²) in [6, 6.07) is 9.50. The van der Waals surface area contributed by atoms with E-state index in [1.807, 2.05) is 0 Å². The van der Waals surface area contributed by atoms with Crippen molar-refractivity contribution in [2.45, 2.75) is 39.2 Å². The van der Waals surface area contributed by atoms with E-state index in [1.54, 1.807) is 0 Å². The molecule has 0 saturated heterocycles. The first kappa shape index (κ1) is 13.6. The van der Waals surface area contributed by atoms with Crippen LogP contribution in [0, 0.1) is 0 Å². The van der Waals surface area contributed by atoms with Gasteiger partial charge in [-0.3, -0.25) is 0 Å². The van der Waals surface area contributed by atoms with Gasteiger partial charge in [0.25, 0.3) is 0 Å². The lowest BCUT2D eigenvalue weighted by molar-refractivity contribution is 0.283. The van der Waals surface area contributed by atoms with Crippen molar-refractivity contribution in [3.63, 3.8) is 0 Å². The minimum atomic E-state index is 0.655. The van der Waals surface area contributed by atoms with Crippen molar-refractivity contribution in [3.05, 3.63) is 35.4 Å². The molecule has 100 valence electrons. The summed E-state index contributed by atoms with van der Waals surface area (Å²) < 4.78 is 0. The molecule has 0 amide bonds. The Labute approximate surface area is 111 Å². The molecule has 0 fully saturated rings. The summed E-state index contributed by atoms with van der Waals surface area (Å²) in [6.45, 7) is 9.19. The van der Waals surface area contributed by atoms with E-state index in [9.17, 15) is 0 Å². The quantitative estimate of drug-likeness (QED) is 0.795. The minimum absolute atomic E-state index is 0.655. The highest BCUT2D eigenvalue weighted by molar-refractivity contribution is 5.33. The minimum Gasteiger partial charge on any atom is -0.312 e. The van der Waals surface area contributed by atoms with Crippen LogP contribution >= 0.6 is 0 Å². The maximum Gasteiger partial charge on any atom is 0.0149 e. The molecule has 0 unspecified atom stereocenters. The zero-order valence-electron chi connectivity index (χ0n) is 11.8. The van der Waals surface area contributed by atoms with Crippen LogP contribution < -0.4 is 5.32 Å². The molecule has 2 heteroatoms. The van der Waals surface area contributed by atoms with Gasteiger partial charge in [0.1, 0.15) is 0 Å². The molecule has 1 aromatic carbocycles. The van der Waals surface area contributed by atoms with Gasteiger partial charge in [0.15, 0.2) is 0 Å². The van der Waals surface area contributed by atoms with E-state index < -0.39 is 0 Å². The molecular weight excluding hydrogens is 220 g/mol. The first-order valence-corrected chi connectivity index (χ1v) is 7.36. The van der Waals surface area contributed by atoms with Gasteiger partial charge < -0.3 is 10.2 Å². The van der Waals surface area contributed by atoms with Crippen LogP contribution in [0.3, 0.4) is 0 Å². The predicted octanol–water partition coefficient (Wildman–Crippen LogP) is 2.48. The Morgan fingerprint density at radius 1 is 1.11 bits per heavy atom. The topological polar surface area (TPSA) is 15.3 Å². The summed E-state index contributed by atoms with van der Waals surface area (Å²) in [5.74, 6) is 0. The fourth-order valence-corrected chi connectivity index (χ4v) is 2.87. The average Bonchev–Trinajstić information content (AvgIpc) is 2.80. The normalized spacial score (nSPS) is 15.3. The molecule has 2 nitrogen and oxygen atoms in total. The molecule has 0 radical (unpaired) electrons. The Bertz CT molecular complexity index is 337. The lowest BCUT2D eigenvalue weighted by Gasteiger charge is -2.21. The molecule has 2 rings (SSSR count). The second kappa shape index (κ2) is 6.91. The lowest BCUT2D eigenvalue weighted by Crippen LogP contribution is -2.37. The Kier molecular flexibility index (Phi) is 5.21. The SMILES string of the molecule is CCCN(CC)CCNC1Cc2ccccc2C1. The molecule has 0 saturated carbocycles. The highest BCUT2D eigenvalue weighted by atomic mass is 15.1. The van der Waals surface area contributed by atoms with Crippen LogP contribution in [-0.2, 0) is 12.8 Å². The number of hydrogen-bond acceptors (Lipinski definition) is 2. The summed E-state index contributed by atoms with van der Waals surface area (Å²) in [4.78, 5) is 2.52. The van der Waals surface area contributed by atoms with Crippen LogP contribution in [0.4, 0.5) is 0 Å². The van der Waals surface area contributed by atoms with E-state index in [2.05, 4.69) is 48.3 Å². The van der Waals surface area contributed by atoms with Crippen LogP contribution in [0.1, 0.15) is 31.4 Å². The van der Waals surface area contributed by atoms with Crippen LogP contribution in [0.25, 0.3) is 0 Å². The van der Waals surface area contributed by atoms with Gasteiger partial charge in [0, 0.05) is 19.1 Å². The van der Waals surface area contributed by atoms with Crippen LogP contribution in [0.2, 0.25) is 0 Å². The smallest absolute Gasteiger partial charge is 0.0149 e. The highest BCUT2D eigenvalue weighted by Crippen LogP contribution is 2.21. The Hall–Kier alpha value is -0.860. The van der Waals surface area contributed by atoms with E-state index in [0.717, 1.165) is 6.54 Å². The van der Waals surface area contributed by atoms with Crippen molar-refractivity contribution < 1.29 is 0 Å². The van der Waals surface area contributed by atoms with Gasteiger partial charge in [-0.25, -0.2) is 0 Å². The van der Waals surface area contributed by atoms with Crippen molar-refractivity contribution >= 4 is 0 Å². The van der Waals surface area contributed by atoms with Crippen LogP contribution in [-0.4, -0.2) is 37.1 Å². The van der Waals surface area contributed by atoms with Gasteiger partial charge in [0.2, 0.25) is 0 Å². The summed E-state index contributed by atoms with van der Waals surface area (Å²) in [5, 5.41) is 3.71. The molecule has 0 bridgehead atoms. The molecule has 0 spiro atoms. The molecule has 1 aliphatic rings. The van der Waals surface area contributed by atoms with E-state index in [4.69, 9.17) is 0 Å². The molecule has 1 aliphatic carbocycles. The van der Waals surface area contributed by atoms with Gasteiger partial charge >= 0.3 is 0 Å². The van der Waals surface area contributed by atoms with E-state index in [-0.39, 0.29) is 0 Å². The molecular formula is C16H26N2. The van der Waals surface area contributed by atoms with E-state index >= 15 is 0 Å². The fraction of sp³-hybridized carbons (Fsp3) is 0.625. The number of nitrogens with zero attached hydrogens (tertiary/aromatic N) is 1. The van der Waals surface area contributed by atoms with Gasteiger partial charge in [-0.1, -0.05) is 38.1 Å². The maximum absolute atomic E-state index is 3.71. The standard InChI is InChI=1S/C16H26N2/c1-3-10-18(4-2)11-9-17-16-12-14-7-5-6-8-15(14)13-16/h5-8,16-17H,3-4,9-13H2,1-2H3. The van der Waals surface area contributed by atoms with Gasteiger partial charge in [-0.05, 0) is 43.5 Å². The third-order valence-electron chi connectivity index (χ3n) is 3.90. The van der Waals surface area contributed by atoms with Crippen molar-refractivity contribution in [2.24, 2.45) is 0 Å². The van der Waals surface area contributed by atoms with Crippen molar-refractivity contribution in [3.8, 4) is 0 Å². The van der Waals surface area contributed by atoms with Gasteiger partial charge in [-0.2, -0.15) is 0 Å². The second-order valence-corrected chi connectivity index (χ2v) is 5.26. The molecule has 0 aliphatic heterocycles. The lowest BCUT2D eigenvalue weighted by atomic mass is 10.1. The predicted molar refractivity (Wildman–Crippen MR) is 78.0 cm³/mol. The Balaban J connectivity index is 1.70. The number of likely N-dealkylation sites (N-methyl/N-ethyl adjacent to an activating group) is 1. The molecule has 18 heavy (non-hydrogen) atoms. The van der Waals surface area contributed by atoms with Crippen molar-refractivity contribution in [1.29, 1.82) is 0 Å². The summed E-state index contributed by atoms with van der Waals surface area (Å²) in [7, 11) is 0. The molecule has 1 aromatic rings. The molecule has 1 N–H and O–H groups in total. The molecule has 0 aromatic heterocycles. The maximum atomic E-state index is 3.71. The number of hydrogen-bond donors (Lipinski definition) is 1. The van der Waals surface area contributed by atoms with E-state index in [0.29, 0.717) is 6.04 Å². The Morgan fingerprint density at radius 3 is 2.33 bits per heavy atom. The summed E-state index contributed by atoms with van der Waals surface area (Å²) in [6.07, 6.45) is 3.66. The number of nitrogens with one attached hydrogen (secondary N) is 1. The number of benzene rings is 1. The largest absolute Gasteiger partial charge is 0.312 e. The summed E-state index contributed by atoms with van der Waals surface area (Å²) in [5.41, 5.74) is 3.08. The zero-order chi connectivity index (χ0) is 12.8. The van der Waals surface area contributed by atoms with Crippen LogP contribution in [0.15, 0.2) is 24.3 Å². The third-order valence-corrected chi connectivity index (χ3v) is 3.90. The van der Waals surface area contributed by atoms with Crippen molar-refractivity contribution in [2.75, 3.05) is 26.2 Å². The summed E-state index contributed by atoms with van der Waals surface area (Å²) >= 11 is 0. The van der Waals surface area contributed by atoms with Gasteiger partial charge in [0.05, 0.1) is 0 Å². The number of fused-ring (bicyclic) bond motifs is 1. The molecule has 0 atom stereocenters. The first-order valence-electron chi connectivity index (χ1n) is 7.36. The van der Waals surface area contributed by atoms with Crippen LogP contribution in [0.5, 0.6) is 0 Å². The molecule has 0 heterocycles. The zero-order valence-corrected chi connectivity index (χ0v) is 11.8. The van der Waals surface area contributed by atoms with Crippen molar-refractivity contribution in [1.82, 2.24) is 10.2 Å². The second-order valence-electron chi connectivity index (χ2n) is 5.26.